The normalized spacial score (nSPS) is 15.0. The third-order valence-electron chi connectivity index (χ3n) is 4.59. The lowest BCUT2D eigenvalue weighted by molar-refractivity contribution is -0.119. The van der Waals surface area contributed by atoms with Gasteiger partial charge in [0, 0.05) is 54.7 Å². The minimum atomic E-state index is 0.0374. The van der Waals surface area contributed by atoms with E-state index < -0.39 is 0 Å². The molecular weight excluding hydrogens is 326 g/mol. The number of halogens is 1. The molecule has 2 heterocycles. The van der Waals surface area contributed by atoms with Crippen molar-refractivity contribution in [3.63, 3.8) is 0 Å². The molecule has 0 unspecified atom stereocenters. The lowest BCUT2D eigenvalue weighted by atomic mass is 10.0. The summed E-state index contributed by atoms with van der Waals surface area (Å²) in [4.78, 5) is 30.3. The Morgan fingerprint density at radius 3 is 2.71 bits per heavy atom. The molecule has 3 rings (SSSR count). The Balaban J connectivity index is 1.75. The number of nitrogens with one attached hydrogen (secondary N) is 1. The van der Waals surface area contributed by atoms with Crippen LogP contribution in [0.25, 0.3) is 10.9 Å². The number of benzene rings is 1. The first kappa shape index (κ1) is 16.8. The maximum atomic E-state index is 12.7. The van der Waals surface area contributed by atoms with Crippen LogP contribution >= 0.6 is 11.6 Å². The van der Waals surface area contributed by atoms with Crippen LogP contribution in [0.15, 0.2) is 24.4 Å². The number of nitrogens with zero attached hydrogens (tertiary/aromatic N) is 2. The first-order valence-electron chi connectivity index (χ1n) is 8.37. The van der Waals surface area contributed by atoms with Crippen LogP contribution in [0.4, 0.5) is 0 Å². The zero-order chi connectivity index (χ0) is 16.9. The van der Waals surface area contributed by atoms with Crippen molar-refractivity contribution >= 4 is 34.8 Å². The third-order valence-corrected chi connectivity index (χ3v) is 4.86. The van der Waals surface area contributed by atoms with Crippen molar-refractivity contribution in [3.05, 3.63) is 35.5 Å². The summed E-state index contributed by atoms with van der Waals surface area (Å²) in [5.74, 6) is 0.717. The minimum Gasteiger partial charge on any atom is -0.361 e. The van der Waals surface area contributed by atoms with E-state index in [2.05, 4.69) is 4.98 Å². The summed E-state index contributed by atoms with van der Waals surface area (Å²) in [5.41, 5.74) is 2.99. The Morgan fingerprint density at radius 1 is 1.21 bits per heavy atom. The van der Waals surface area contributed by atoms with Crippen molar-refractivity contribution in [2.24, 2.45) is 0 Å². The molecular formula is C18H22ClN3O2. The van der Waals surface area contributed by atoms with Gasteiger partial charge in [0.25, 0.3) is 5.91 Å². The zero-order valence-corrected chi connectivity index (χ0v) is 14.4. The van der Waals surface area contributed by atoms with E-state index in [0.29, 0.717) is 37.6 Å². The predicted molar refractivity (Wildman–Crippen MR) is 95.5 cm³/mol. The largest absolute Gasteiger partial charge is 0.361 e. The molecule has 1 aliphatic heterocycles. The van der Waals surface area contributed by atoms with Crippen LogP contribution in [-0.2, 0) is 11.2 Å². The number of amides is 2. The summed E-state index contributed by atoms with van der Waals surface area (Å²) in [6, 6.07) is 5.82. The molecule has 24 heavy (non-hydrogen) atoms. The lowest BCUT2D eigenvalue weighted by Crippen LogP contribution is -2.48. The number of aromatic amines is 1. The summed E-state index contributed by atoms with van der Waals surface area (Å²) in [5, 5.41) is 1.11. The van der Waals surface area contributed by atoms with Gasteiger partial charge in [0.2, 0.25) is 6.41 Å². The zero-order valence-electron chi connectivity index (χ0n) is 13.6. The van der Waals surface area contributed by atoms with Crippen molar-refractivity contribution < 1.29 is 9.59 Å². The summed E-state index contributed by atoms with van der Waals surface area (Å²) in [6.45, 7) is 2.38. The summed E-state index contributed by atoms with van der Waals surface area (Å²) in [6.07, 6.45) is 5.87. The molecule has 128 valence electrons. The number of H-pyrrole nitrogens is 1. The first-order chi connectivity index (χ1) is 11.7. The van der Waals surface area contributed by atoms with Gasteiger partial charge in [-0.1, -0.05) is 0 Å². The molecule has 2 amide bonds. The quantitative estimate of drug-likeness (QED) is 0.496. The highest BCUT2D eigenvalue weighted by Crippen LogP contribution is 2.22. The van der Waals surface area contributed by atoms with Crippen LogP contribution < -0.4 is 0 Å². The van der Waals surface area contributed by atoms with Gasteiger partial charge in [0.15, 0.2) is 0 Å². The standard InChI is InChI=1S/C18H22ClN3O2/c19-6-2-1-3-15-12-20-17-5-4-14(11-16(15)17)18(24)22-9-7-21(13-23)8-10-22/h4-5,11-13,20H,1-3,6-10H2. The number of carbonyl (C=O) groups excluding carboxylic acids is 2. The van der Waals surface area contributed by atoms with Crippen LogP contribution in [0.5, 0.6) is 0 Å². The summed E-state index contributed by atoms with van der Waals surface area (Å²) >= 11 is 5.75. The average molecular weight is 348 g/mol. The predicted octanol–water partition coefficient (Wildman–Crippen LogP) is 2.64. The fraction of sp³-hybridized carbons (Fsp3) is 0.444. The molecule has 0 aliphatic carbocycles. The highest BCUT2D eigenvalue weighted by atomic mass is 35.5. The summed E-state index contributed by atoms with van der Waals surface area (Å²) < 4.78 is 0. The fourth-order valence-corrected chi connectivity index (χ4v) is 3.33. The van der Waals surface area contributed by atoms with E-state index in [1.807, 2.05) is 29.3 Å². The number of hydrogen-bond donors (Lipinski definition) is 1. The van der Waals surface area contributed by atoms with Gasteiger partial charge >= 0.3 is 0 Å². The molecule has 0 atom stereocenters. The maximum Gasteiger partial charge on any atom is 0.253 e. The fourth-order valence-electron chi connectivity index (χ4n) is 3.14. The number of hydrogen-bond acceptors (Lipinski definition) is 2. The van der Waals surface area contributed by atoms with Crippen LogP contribution in [0, 0.1) is 0 Å². The molecule has 1 fully saturated rings. The van der Waals surface area contributed by atoms with E-state index >= 15 is 0 Å². The Hall–Kier alpha value is -2.01. The van der Waals surface area contributed by atoms with Gasteiger partial charge in [-0.3, -0.25) is 9.59 Å². The second-order valence-corrected chi connectivity index (χ2v) is 6.53. The number of aromatic nitrogens is 1. The number of unbranched alkanes of at least 4 members (excludes halogenated alkanes) is 1. The Bertz CT molecular complexity index is 720. The van der Waals surface area contributed by atoms with E-state index in [0.717, 1.165) is 36.6 Å². The molecule has 1 saturated heterocycles. The molecule has 0 bridgehead atoms. The summed E-state index contributed by atoms with van der Waals surface area (Å²) in [7, 11) is 0. The number of carbonyl (C=O) groups is 2. The number of piperazine rings is 1. The van der Waals surface area contributed by atoms with Gasteiger partial charge in [-0.05, 0) is 43.0 Å². The van der Waals surface area contributed by atoms with E-state index in [1.54, 1.807) is 4.90 Å². The first-order valence-corrected chi connectivity index (χ1v) is 8.91. The molecule has 0 spiro atoms. The Kier molecular flexibility index (Phi) is 5.41. The highest BCUT2D eigenvalue weighted by Gasteiger charge is 2.21. The smallest absolute Gasteiger partial charge is 0.253 e. The van der Waals surface area contributed by atoms with Crippen molar-refractivity contribution in [2.45, 2.75) is 19.3 Å². The molecule has 6 heteroatoms. The number of rotatable bonds is 6. The maximum absolute atomic E-state index is 12.7. The molecule has 1 aromatic heterocycles. The van der Waals surface area contributed by atoms with Crippen molar-refractivity contribution in [1.82, 2.24) is 14.8 Å². The van der Waals surface area contributed by atoms with E-state index in [1.165, 1.54) is 5.56 Å². The molecule has 2 aromatic rings. The van der Waals surface area contributed by atoms with Gasteiger partial charge in [-0.2, -0.15) is 0 Å². The van der Waals surface area contributed by atoms with Crippen LogP contribution in [0.1, 0.15) is 28.8 Å². The van der Waals surface area contributed by atoms with Gasteiger partial charge < -0.3 is 14.8 Å². The van der Waals surface area contributed by atoms with E-state index in [-0.39, 0.29) is 5.91 Å². The molecule has 1 N–H and O–H groups in total. The highest BCUT2D eigenvalue weighted by molar-refractivity contribution is 6.17. The second kappa shape index (κ2) is 7.71. The monoisotopic (exact) mass is 347 g/mol. The van der Waals surface area contributed by atoms with Crippen molar-refractivity contribution in [3.8, 4) is 0 Å². The Labute approximate surface area is 146 Å². The molecule has 5 nitrogen and oxygen atoms in total. The van der Waals surface area contributed by atoms with Crippen LogP contribution in [0.2, 0.25) is 0 Å². The number of alkyl halides is 1. The molecule has 1 aliphatic rings. The second-order valence-electron chi connectivity index (χ2n) is 6.15. The number of fused-ring (bicyclic) bond motifs is 1. The molecule has 0 radical (unpaired) electrons. The minimum absolute atomic E-state index is 0.0374. The van der Waals surface area contributed by atoms with Crippen LogP contribution in [-0.4, -0.2) is 59.2 Å². The van der Waals surface area contributed by atoms with Gasteiger partial charge in [-0.25, -0.2) is 0 Å². The van der Waals surface area contributed by atoms with Crippen LogP contribution in [0.3, 0.4) is 0 Å². The molecule has 0 saturated carbocycles. The third kappa shape index (κ3) is 3.56. The average Bonchev–Trinajstić information content (AvgIpc) is 3.04. The lowest BCUT2D eigenvalue weighted by Gasteiger charge is -2.32. The Morgan fingerprint density at radius 2 is 2.00 bits per heavy atom. The van der Waals surface area contributed by atoms with Gasteiger partial charge in [0.1, 0.15) is 0 Å². The molecule has 1 aromatic carbocycles. The SMILES string of the molecule is O=CN1CCN(C(=O)c2ccc3[nH]cc(CCCCCl)c3c2)CC1. The van der Waals surface area contributed by atoms with Crippen molar-refractivity contribution in [1.29, 1.82) is 0 Å². The van der Waals surface area contributed by atoms with E-state index in [9.17, 15) is 9.59 Å². The topological polar surface area (TPSA) is 56.4 Å². The van der Waals surface area contributed by atoms with Gasteiger partial charge in [-0.15, -0.1) is 11.6 Å². The van der Waals surface area contributed by atoms with Crippen molar-refractivity contribution in [2.75, 3.05) is 32.1 Å². The number of aryl methyl sites for hydroxylation is 1. The van der Waals surface area contributed by atoms with Gasteiger partial charge in [0.05, 0.1) is 0 Å². The van der Waals surface area contributed by atoms with E-state index in [4.69, 9.17) is 11.6 Å².